The molecule has 1 amide bonds. The Balaban J connectivity index is 0. The molecule has 0 aliphatic heterocycles. The van der Waals surface area contributed by atoms with Gasteiger partial charge in [-0.1, -0.05) is 34.1 Å². The molecule has 0 heterocycles. The van der Waals surface area contributed by atoms with Crippen LogP contribution in [0.5, 0.6) is 0 Å². The van der Waals surface area contributed by atoms with Crippen LogP contribution in [0.25, 0.3) is 0 Å². The number of hydrogen-bond acceptors (Lipinski definition) is 2. The summed E-state index contributed by atoms with van der Waals surface area (Å²) in [4.78, 5) is 22.1. The van der Waals surface area contributed by atoms with Gasteiger partial charge in [-0.25, -0.2) is 0 Å². The molecule has 0 aliphatic rings. The van der Waals surface area contributed by atoms with Crippen LogP contribution in [0.1, 0.15) is 59.8 Å². The molecule has 0 radical (unpaired) electrons. The normalized spacial score (nSPS) is 9.38. The number of nitrogens with one attached hydrogen (secondary N) is 1. The van der Waals surface area contributed by atoms with E-state index in [1.54, 1.807) is 7.05 Å². The van der Waals surface area contributed by atoms with Crippen molar-refractivity contribution in [2.24, 2.45) is 5.92 Å². The molecular weight excluding hydrogens is 202 g/mol. The van der Waals surface area contributed by atoms with E-state index in [1.807, 2.05) is 27.7 Å². The molecule has 0 rings (SSSR count). The summed E-state index contributed by atoms with van der Waals surface area (Å²) in [7, 11) is 1.64. The van der Waals surface area contributed by atoms with Gasteiger partial charge in [0.15, 0.2) is 0 Å². The maximum absolute atomic E-state index is 11.2. The first-order valence-corrected chi connectivity index (χ1v) is 6.31. The standard InChI is InChI=1S/C11H21NO2.C2H6/c1-9(2)10(13)7-5-4-6-8-11(14)12-3;1-2/h9H,4-8H2,1-3H3,(H,12,14);1-2H3. The molecule has 0 saturated heterocycles. The summed E-state index contributed by atoms with van der Waals surface area (Å²) >= 11 is 0. The lowest BCUT2D eigenvalue weighted by atomic mass is 10.0. The summed E-state index contributed by atoms with van der Waals surface area (Å²) in [6.07, 6.45) is 3.99. The van der Waals surface area contributed by atoms with E-state index in [4.69, 9.17) is 0 Å². The predicted molar refractivity (Wildman–Crippen MR) is 68.3 cm³/mol. The lowest BCUT2D eigenvalue weighted by Gasteiger charge is -2.03. The van der Waals surface area contributed by atoms with Gasteiger partial charge in [-0.15, -0.1) is 0 Å². The number of Topliss-reactive ketones (excluding diaryl/α,β-unsaturated/α-hetero) is 1. The first kappa shape index (κ1) is 17.5. The van der Waals surface area contributed by atoms with Crippen molar-refractivity contribution in [3.05, 3.63) is 0 Å². The highest BCUT2D eigenvalue weighted by atomic mass is 16.1. The second-order valence-corrected chi connectivity index (χ2v) is 3.85. The number of carbonyl (C=O) groups is 2. The number of unbranched alkanes of at least 4 members (excludes halogenated alkanes) is 2. The van der Waals surface area contributed by atoms with E-state index >= 15 is 0 Å². The summed E-state index contributed by atoms with van der Waals surface area (Å²) in [5, 5.41) is 2.58. The van der Waals surface area contributed by atoms with Crippen LogP contribution in [-0.4, -0.2) is 18.7 Å². The third-order valence-corrected chi connectivity index (χ3v) is 2.25. The van der Waals surface area contributed by atoms with Gasteiger partial charge in [0, 0.05) is 25.8 Å². The Morgan fingerprint density at radius 2 is 1.50 bits per heavy atom. The maximum atomic E-state index is 11.2. The Morgan fingerprint density at radius 3 is 1.94 bits per heavy atom. The number of ketones is 1. The average Bonchev–Trinajstić information content (AvgIpc) is 2.30. The van der Waals surface area contributed by atoms with Crippen molar-refractivity contribution < 1.29 is 9.59 Å². The molecule has 0 aliphatic carbocycles. The largest absolute Gasteiger partial charge is 0.359 e. The fourth-order valence-corrected chi connectivity index (χ4v) is 1.18. The number of hydrogen-bond donors (Lipinski definition) is 1. The quantitative estimate of drug-likeness (QED) is 0.682. The molecule has 16 heavy (non-hydrogen) atoms. The van der Waals surface area contributed by atoms with Crippen molar-refractivity contribution in [2.45, 2.75) is 59.8 Å². The van der Waals surface area contributed by atoms with E-state index in [0.717, 1.165) is 19.3 Å². The number of carbonyl (C=O) groups excluding carboxylic acids is 2. The molecule has 1 N–H and O–H groups in total. The lowest BCUT2D eigenvalue weighted by molar-refractivity contribution is -0.122. The van der Waals surface area contributed by atoms with E-state index in [0.29, 0.717) is 18.6 Å². The van der Waals surface area contributed by atoms with Gasteiger partial charge in [0.05, 0.1) is 0 Å². The lowest BCUT2D eigenvalue weighted by Crippen LogP contribution is -2.16. The van der Waals surface area contributed by atoms with Gasteiger partial charge in [-0.3, -0.25) is 9.59 Å². The number of amides is 1. The van der Waals surface area contributed by atoms with Crippen molar-refractivity contribution in [3.8, 4) is 0 Å². The van der Waals surface area contributed by atoms with Crippen LogP contribution in [-0.2, 0) is 9.59 Å². The third-order valence-electron chi connectivity index (χ3n) is 2.25. The van der Waals surface area contributed by atoms with Crippen molar-refractivity contribution in [1.82, 2.24) is 5.32 Å². The molecule has 0 fully saturated rings. The van der Waals surface area contributed by atoms with E-state index in [-0.39, 0.29) is 11.8 Å². The second kappa shape index (κ2) is 12.2. The van der Waals surface area contributed by atoms with Crippen LogP contribution in [0.15, 0.2) is 0 Å². The summed E-state index contributed by atoms with van der Waals surface area (Å²) in [6.45, 7) is 7.85. The van der Waals surface area contributed by atoms with Gasteiger partial charge in [0.25, 0.3) is 0 Å². The SMILES string of the molecule is CC.CNC(=O)CCCCCC(=O)C(C)C. The Labute approximate surface area is 100.0 Å². The van der Waals surface area contributed by atoms with Crippen LogP contribution < -0.4 is 5.32 Å². The first-order chi connectivity index (χ1) is 7.57. The monoisotopic (exact) mass is 229 g/mol. The Hall–Kier alpha value is -0.860. The molecule has 0 bridgehead atoms. The Kier molecular flexibility index (Phi) is 13.4. The summed E-state index contributed by atoms with van der Waals surface area (Å²) in [5.41, 5.74) is 0. The predicted octanol–water partition coefficient (Wildman–Crippen LogP) is 2.93. The summed E-state index contributed by atoms with van der Waals surface area (Å²) < 4.78 is 0. The van der Waals surface area contributed by atoms with Gasteiger partial charge < -0.3 is 5.32 Å². The molecule has 0 aromatic rings. The molecule has 3 heteroatoms. The van der Waals surface area contributed by atoms with Crippen LogP contribution in [0.3, 0.4) is 0 Å². The zero-order chi connectivity index (χ0) is 13.0. The van der Waals surface area contributed by atoms with Crippen molar-refractivity contribution in [3.63, 3.8) is 0 Å². The van der Waals surface area contributed by atoms with E-state index in [9.17, 15) is 9.59 Å². The van der Waals surface area contributed by atoms with Crippen molar-refractivity contribution >= 4 is 11.7 Å². The zero-order valence-electron chi connectivity index (χ0n) is 11.4. The highest BCUT2D eigenvalue weighted by molar-refractivity contribution is 5.80. The fourth-order valence-electron chi connectivity index (χ4n) is 1.18. The highest BCUT2D eigenvalue weighted by Crippen LogP contribution is 2.07. The van der Waals surface area contributed by atoms with Gasteiger partial charge >= 0.3 is 0 Å². The molecule has 0 aromatic heterocycles. The highest BCUT2D eigenvalue weighted by Gasteiger charge is 2.06. The minimum absolute atomic E-state index is 0.0835. The van der Waals surface area contributed by atoms with E-state index in [2.05, 4.69) is 5.32 Å². The van der Waals surface area contributed by atoms with Crippen LogP contribution in [0, 0.1) is 5.92 Å². The van der Waals surface area contributed by atoms with Crippen LogP contribution in [0.4, 0.5) is 0 Å². The van der Waals surface area contributed by atoms with Gasteiger partial charge in [0.2, 0.25) is 5.91 Å². The molecule has 0 atom stereocenters. The van der Waals surface area contributed by atoms with Crippen LogP contribution in [0.2, 0.25) is 0 Å². The van der Waals surface area contributed by atoms with Crippen molar-refractivity contribution in [2.75, 3.05) is 7.05 Å². The third kappa shape index (κ3) is 11.2. The zero-order valence-corrected chi connectivity index (χ0v) is 11.4. The molecule has 0 unspecified atom stereocenters. The first-order valence-electron chi connectivity index (χ1n) is 6.31. The summed E-state index contributed by atoms with van der Waals surface area (Å²) in [5.74, 6) is 0.555. The summed E-state index contributed by atoms with van der Waals surface area (Å²) in [6, 6.07) is 0. The second-order valence-electron chi connectivity index (χ2n) is 3.85. The maximum Gasteiger partial charge on any atom is 0.219 e. The van der Waals surface area contributed by atoms with Crippen molar-refractivity contribution in [1.29, 1.82) is 0 Å². The molecule has 0 aromatic carbocycles. The average molecular weight is 229 g/mol. The minimum Gasteiger partial charge on any atom is -0.359 e. The molecule has 3 nitrogen and oxygen atoms in total. The van der Waals surface area contributed by atoms with Gasteiger partial charge in [-0.2, -0.15) is 0 Å². The minimum atomic E-state index is 0.0835. The van der Waals surface area contributed by atoms with Crippen LogP contribution >= 0.6 is 0 Å². The molecule has 0 saturated carbocycles. The smallest absolute Gasteiger partial charge is 0.219 e. The van der Waals surface area contributed by atoms with E-state index in [1.165, 1.54) is 0 Å². The van der Waals surface area contributed by atoms with E-state index < -0.39 is 0 Å². The molecule has 0 spiro atoms. The molecule has 96 valence electrons. The Morgan fingerprint density at radius 1 is 1.00 bits per heavy atom. The fraction of sp³-hybridized carbons (Fsp3) is 0.846. The van der Waals surface area contributed by atoms with Gasteiger partial charge in [0.1, 0.15) is 5.78 Å². The Bertz CT molecular complexity index is 188. The van der Waals surface area contributed by atoms with Gasteiger partial charge in [-0.05, 0) is 12.8 Å². The molecular formula is C13H27NO2. The number of rotatable bonds is 7. The topological polar surface area (TPSA) is 46.2 Å².